The molecule has 18 heavy (non-hydrogen) atoms. The molecule has 2 nitrogen and oxygen atoms in total. The van der Waals surface area contributed by atoms with E-state index < -0.39 is 0 Å². The second-order valence-electron chi connectivity index (χ2n) is 5.11. The lowest BCUT2D eigenvalue weighted by atomic mass is 9.96. The zero-order chi connectivity index (χ0) is 13.7. The summed E-state index contributed by atoms with van der Waals surface area (Å²) in [5, 5.41) is 0. The largest absolute Gasteiger partial charge is 0.339 e. The summed E-state index contributed by atoms with van der Waals surface area (Å²) in [6, 6.07) is 6.08. The number of aryl methyl sites for hydroxylation is 1. The Labute approximate surface area is 111 Å². The molecular formula is C16H25NO. The summed E-state index contributed by atoms with van der Waals surface area (Å²) in [6.07, 6.45) is 1.00. The molecule has 0 spiro atoms. The molecule has 0 bridgehead atoms. The number of hydrogen-bond donors (Lipinski definition) is 0. The number of carbonyl (C=O) groups is 1. The predicted octanol–water partition coefficient (Wildman–Crippen LogP) is 3.99. The van der Waals surface area contributed by atoms with Gasteiger partial charge in [-0.3, -0.25) is 4.79 Å². The Balaban J connectivity index is 2.96. The Bertz CT molecular complexity index is 410. The molecule has 0 aliphatic carbocycles. The van der Waals surface area contributed by atoms with Gasteiger partial charge in [0.2, 0.25) is 0 Å². The molecule has 2 heteroatoms. The van der Waals surface area contributed by atoms with Gasteiger partial charge >= 0.3 is 0 Å². The van der Waals surface area contributed by atoms with E-state index in [1.165, 1.54) is 11.1 Å². The van der Waals surface area contributed by atoms with Crippen LogP contribution in [0, 0.1) is 6.92 Å². The summed E-state index contributed by atoms with van der Waals surface area (Å²) >= 11 is 0. The van der Waals surface area contributed by atoms with Gasteiger partial charge in [-0.1, -0.05) is 26.8 Å². The van der Waals surface area contributed by atoms with E-state index in [4.69, 9.17) is 0 Å². The van der Waals surface area contributed by atoms with Crippen LogP contribution in [0.15, 0.2) is 18.2 Å². The van der Waals surface area contributed by atoms with E-state index in [-0.39, 0.29) is 5.91 Å². The third-order valence-corrected chi connectivity index (χ3v) is 3.30. The summed E-state index contributed by atoms with van der Waals surface area (Å²) in [5.41, 5.74) is 3.35. The molecule has 0 unspecified atom stereocenters. The first-order valence-corrected chi connectivity index (χ1v) is 6.91. The molecule has 0 heterocycles. The highest BCUT2D eigenvalue weighted by Gasteiger charge is 2.14. The molecule has 0 atom stereocenters. The summed E-state index contributed by atoms with van der Waals surface area (Å²) < 4.78 is 0. The third kappa shape index (κ3) is 3.34. The Kier molecular flexibility index (Phi) is 5.39. The maximum atomic E-state index is 12.3. The molecule has 100 valence electrons. The standard InChI is InChI=1S/C16H25NO/c1-6-10-17(7-2)16(18)14-8-9-15(12(3)4)13(5)11-14/h8-9,11-12H,6-7,10H2,1-5H3. The van der Waals surface area contributed by atoms with Gasteiger partial charge < -0.3 is 4.90 Å². The van der Waals surface area contributed by atoms with Gasteiger partial charge in [0.25, 0.3) is 5.91 Å². The average molecular weight is 247 g/mol. The molecule has 0 aliphatic rings. The van der Waals surface area contributed by atoms with E-state index in [0.29, 0.717) is 5.92 Å². The zero-order valence-corrected chi connectivity index (χ0v) is 12.3. The van der Waals surface area contributed by atoms with E-state index in [9.17, 15) is 4.79 Å². The first-order valence-electron chi connectivity index (χ1n) is 6.91. The number of amides is 1. The summed E-state index contributed by atoms with van der Waals surface area (Å²) in [6.45, 7) is 12.2. The number of carbonyl (C=O) groups excluding carboxylic acids is 1. The van der Waals surface area contributed by atoms with Crippen LogP contribution in [0.4, 0.5) is 0 Å². The van der Waals surface area contributed by atoms with Crippen LogP contribution in [0.25, 0.3) is 0 Å². The highest BCUT2D eigenvalue weighted by molar-refractivity contribution is 5.94. The normalized spacial score (nSPS) is 10.8. The first kappa shape index (κ1) is 14.7. The summed E-state index contributed by atoms with van der Waals surface area (Å²) in [5.74, 6) is 0.657. The molecule has 0 radical (unpaired) electrons. The highest BCUT2D eigenvalue weighted by Crippen LogP contribution is 2.20. The Morgan fingerprint density at radius 1 is 1.28 bits per heavy atom. The monoisotopic (exact) mass is 247 g/mol. The van der Waals surface area contributed by atoms with Crippen molar-refractivity contribution in [3.8, 4) is 0 Å². The molecule has 0 aliphatic heterocycles. The lowest BCUT2D eigenvalue weighted by Gasteiger charge is -2.21. The van der Waals surface area contributed by atoms with Crippen LogP contribution in [0.2, 0.25) is 0 Å². The van der Waals surface area contributed by atoms with E-state index in [0.717, 1.165) is 25.1 Å². The van der Waals surface area contributed by atoms with Gasteiger partial charge in [0.05, 0.1) is 0 Å². The van der Waals surface area contributed by atoms with Crippen LogP contribution < -0.4 is 0 Å². The van der Waals surface area contributed by atoms with Gasteiger partial charge in [-0.05, 0) is 49.4 Å². The van der Waals surface area contributed by atoms with Gasteiger partial charge in [0.15, 0.2) is 0 Å². The maximum Gasteiger partial charge on any atom is 0.253 e. The number of hydrogen-bond acceptors (Lipinski definition) is 1. The minimum absolute atomic E-state index is 0.151. The fourth-order valence-electron chi connectivity index (χ4n) is 2.31. The van der Waals surface area contributed by atoms with Crippen LogP contribution in [0.5, 0.6) is 0 Å². The second-order valence-corrected chi connectivity index (χ2v) is 5.11. The quantitative estimate of drug-likeness (QED) is 0.770. The molecule has 1 rings (SSSR count). The van der Waals surface area contributed by atoms with Crippen LogP contribution >= 0.6 is 0 Å². The summed E-state index contributed by atoms with van der Waals surface area (Å²) in [7, 11) is 0. The van der Waals surface area contributed by atoms with Crippen molar-refractivity contribution < 1.29 is 4.79 Å². The number of nitrogens with zero attached hydrogens (tertiary/aromatic N) is 1. The van der Waals surface area contributed by atoms with Crippen molar-refractivity contribution in [2.24, 2.45) is 0 Å². The van der Waals surface area contributed by atoms with Gasteiger partial charge in [-0.2, -0.15) is 0 Å². The van der Waals surface area contributed by atoms with Gasteiger partial charge in [-0.25, -0.2) is 0 Å². The van der Waals surface area contributed by atoms with E-state index in [1.54, 1.807) is 0 Å². The molecule has 1 amide bonds. The lowest BCUT2D eigenvalue weighted by molar-refractivity contribution is 0.0764. The molecule has 0 aromatic heterocycles. The fraction of sp³-hybridized carbons (Fsp3) is 0.562. The average Bonchev–Trinajstić information content (AvgIpc) is 2.34. The summed E-state index contributed by atoms with van der Waals surface area (Å²) in [4.78, 5) is 14.2. The molecule has 1 aromatic carbocycles. The fourth-order valence-corrected chi connectivity index (χ4v) is 2.31. The van der Waals surface area contributed by atoms with E-state index >= 15 is 0 Å². The topological polar surface area (TPSA) is 20.3 Å². The molecule has 0 N–H and O–H groups in total. The first-order chi connectivity index (χ1) is 8.51. The third-order valence-electron chi connectivity index (χ3n) is 3.30. The molecule has 0 saturated heterocycles. The van der Waals surface area contributed by atoms with E-state index in [2.05, 4.69) is 33.8 Å². The Morgan fingerprint density at radius 3 is 2.39 bits per heavy atom. The predicted molar refractivity (Wildman–Crippen MR) is 77.1 cm³/mol. The van der Waals surface area contributed by atoms with Gasteiger partial charge in [-0.15, -0.1) is 0 Å². The van der Waals surface area contributed by atoms with Crippen molar-refractivity contribution in [3.63, 3.8) is 0 Å². The van der Waals surface area contributed by atoms with Crippen molar-refractivity contribution in [2.45, 2.75) is 47.0 Å². The smallest absolute Gasteiger partial charge is 0.253 e. The minimum atomic E-state index is 0.151. The molecular weight excluding hydrogens is 222 g/mol. The van der Waals surface area contributed by atoms with Crippen LogP contribution in [0.3, 0.4) is 0 Å². The SMILES string of the molecule is CCCN(CC)C(=O)c1ccc(C(C)C)c(C)c1. The van der Waals surface area contributed by atoms with E-state index in [1.807, 2.05) is 24.0 Å². The van der Waals surface area contributed by atoms with Crippen molar-refractivity contribution >= 4 is 5.91 Å². The molecule has 0 fully saturated rings. The Morgan fingerprint density at radius 2 is 1.94 bits per heavy atom. The minimum Gasteiger partial charge on any atom is -0.339 e. The van der Waals surface area contributed by atoms with Crippen molar-refractivity contribution in [1.82, 2.24) is 4.90 Å². The highest BCUT2D eigenvalue weighted by atomic mass is 16.2. The van der Waals surface area contributed by atoms with Crippen LogP contribution in [-0.2, 0) is 0 Å². The zero-order valence-electron chi connectivity index (χ0n) is 12.3. The molecule has 0 saturated carbocycles. The number of benzene rings is 1. The van der Waals surface area contributed by atoms with Gasteiger partial charge in [0, 0.05) is 18.7 Å². The molecule has 1 aromatic rings. The van der Waals surface area contributed by atoms with Crippen LogP contribution in [0.1, 0.15) is 61.5 Å². The lowest BCUT2D eigenvalue weighted by Crippen LogP contribution is -2.31. The maximum absolute atomic E-state index is 12.3. The van der Waals surface area contributed by atoms with Crippen molar-refractivity contribution in [3.05, 3.63) is 34.9 Å². The van der Waals surface area contributed by atoms with Gasteiger partial charge in [0.1, 0.15) is 0 Å². The van der Waals surface area contributed by atoms with Crippen LogP contribution in [-0.4, -0.2) is 23.9 Å². The second kappa shape index (κ2) is 6.58. The number of rotatable bonds is 5. The van der Waals surface area contributed by atoms with Crippen molar-refractivity contribution in [2.75, 3.05) is 13.1 Å². The Hall–Kier alpha value is -1.31. The van der Waals surface area contributed by atoms with Crippen molar-refractivity contribution in [1.29, 1.82) is 0 Å².